The summed E-state index contributed by atoms with van der Waals surface area (Å²) in [5.41, 5.74) is 1.09. The van der Waals surface area contributed by atoms with Gasteiger partial charge in [0.1, 0.15) is 23.7 Å². The van der Waals surface area contributed by atoms with E-state index in [-0.39, 0.29) is 18.6 Å². The second-order valence-corrected chi connectivity index (χ2v) is 8.91. The van der Waals surface area contributed by atoms with Crippen LogP contribution in [0.4, 0.5) is 0 Å². The Morgan fingerprint density at radius 3 is 2.87 bits per heavy atom. The van der Waals surface area contributed by atoms with Crippen LogP contribution >= 0.6 is 11.3 Å². The van der Waals surface area contributed by atoms with E-state index >= 15 is 0 Å². The lowest BCUT2D eigenvalue weighted by Gasteiger charge is -2.30. The standard InChI is InChI=1S/C22H27N3O5S/c1-14-21(22(27)24-16(12-26)11-25-5-7-28-8-6-25)19-9-17(3-4-20(19)30-14)29-13-18-10-23-15(2)31-18/h3-4,9-10,16,26H,5-8,11-13H2,1-2H3,(H,24,27). The van der Waals surface area contributed by atoms with Crippen LogP contribution in [0, 0.1) is 13.8 Å². The lowest BCUT2D eigenvalue weighted by molar-refractivity contribution is 0.0297. The van der Waals surface area contributed by atoms with Gasteiger partial charge in [-0.2, -0.15) is 0 Å². The van der Waals surface area contributed by atoms with Gasteiger partial charge in [0.25, 0.3) is 5.91 Å². The number of amides is 1. The highest BCUT2D eigenvalue weighted by Crippen LogP contribution is 2.30. The Kier molecular flexibility index (Phi) is 6.86. The van der Waals surface area contributed by atoms with Crippen molar-refractivity contribution < 1.29 is 23.8 Å². The van der Waals surface area contributed by atoms with E-state index in [4.69, 9.17) is 13.9 Å². The molecule has 3 heterocycles. The fraction of sp³-hybridized carbons (Fsp3) is 0.455. The molecule has 0 radical (unpaired) electrons. The summed E-state index contributed by atoms with van der Waals surface area (Å²) in [6.07, 6.45) is 1.81. The number of aliphatic hydroxyl groups is 1. The number of hydrogen-bond acceptors (Lipinski definition) is 8. The van der Waals surface area contributed by atoms with Crippen LogP contribution in [0.3, 0.4) is 0 Å². The van der Waals surface area contributed by atoms with Crippen molar-refractivity contribution in [1.82, 2.24) is 15.2 Å². The minimum Gasteiger partial charge on any atom is -0.488 e. The monoisotopic (exact) mass is 445 g/mol. The summed E-state index contributed by atoms with van der Waals surface area (Å²) < 4.78 is 17.1. The molecule has 3 aromatic rings. The molecule has 1 aromatic carbocycles. The van der Waals surface area contributed by atoms with Crippen molar-refractivity contribution in [3.05, 3.63) is 45.6 Å². The van der Waals surface area contributed by atoms with Crippen molar-refractivity contribution in [3.63, 3.8) is 0 Å². The van der Waals surface area contributed by atoms with E-state index in [1.165, 1.54) is 0 Å². The largest absolute Gasteiger partial charge is 0.488 e. The van der Waals surface area contributed by atoms with Gasteiger partial charge in [-0.05, 0) is 32.0 Å². The molecule has 1 fully saturated rings. The van der Waals surface area contributed by atoms with Gasteiger partial charge < -0.3 is 24.3 Å². The summed E-state index contributed by atoms with van der Waals surface area (Å²) in [5, 5.41) is 14.4. The fourth-order valence-electron chi connectivity index (χ4n) is 3.70. The summed E-state index contributed by atoms with van der Waals surface area (Å²) in [5.74, 6) is 0.921. The Hall–Kier alpha value is -2.46. The number of aliphatic hydroxyl groups excluding tert-OH is 1. The van der Waals surface area contributed by atoms with Crippen LogP contribution in [-0.4, -0.2) is 66.4 Å². The number of nitrogens with zero attached hydrogens (tertiary/aromatic N) is 2. The normalized spacial score (nSPS) is 15.8. The highest BCUT2D eigenvalue weighted by atomic mass is 32.1. The number of aromatic nitrogens is 1. The average Bonchev–Trinajstić information content (AvgIpc) is 3.33. The summed E-state index contributed by atoms with van der Waals surface area (Å²) in [4.78, 5) is 20.5. The molecule has 1 aliphatic heterocycles. The highest BCUT2D eigenvalue weighted by Gasteiger charge is 2.23. The molecule has 1 atom stereocenters. The van der Waals surface area contributed by atoms with Crippen LogP contribution in [0.1, 0.15) is 26.0 Å². The third kappa shape index (κ3) is 5.24. The summed E-state index contributed by atoms with van der Waals surface area (Å²) >= 11 is 1.59. The first-order chi connectivity index (χ1) is 15.0. The van der Waals surface area contributed by atoms with E-state index in [9.17, 15) is 9.90 Å². The second kappa shape index (κ2) is 9.78. The predicted octanol–water partition coefficient (Wildman–Crippen LogP) is 2.51. The number of rotatable bonds is 8. The molecule has 2 aromatic heterocycles. The van der Waals surface area contributed by atoms with Crippen LogP contribution in [0.2, 0.25) is 0 Å². The van der Waals surface area contributed by atoms with Gasteiger partial charge in [0.15, 0.2) is 0 Å². The van der Waals surface area contributed by atoms with Crippen molar-refractivity contribution in [2.45, 2.75) is 26.5 Å². The van der Waals surface area contributed by atoms with Crippen LogP contribution in [-0.2, 0) is 11.3 Å². The van der Waals surface area contributed by atoms with E-state index in [0.717, 1.165) is 23.0 Å². The van der Waals surface area contributed by atoms with Crippen molar-refractivity contribution in [3.8, 4) is 5.75 Å². The molecule has 1 aliphatic rings. The van der Waals surface area contributed by atoms with Crippen molar-refractivity contribution >= 4 is 28.2 Å². The molecule has 0 saturated carbocycles. The summed E-state index contributed by atoms with van der Waals surface area (Å²) in [6, 6.07) is 5.09. The minimum atomic E-state index is -0.371. The molecule has 9 heteroatoms. The molecule has 8 nitrogen and oxygen atoms in total. The Morgan fingerprint density at radius 1 is 1.35 bits per heavy atom. The molecule has 2 N–H and O–H groups in total. The first-order valence-electron chi connectivity index (χ1n) is 10.3. The summed E-state index contributed by atoms with van der Waals surface area (Å²) in [7, 11) is 0. The summed E-state index contributed by atoms with van der Waals surface area (Å²) in [6.45, 7) is 7.50. The van der Waals surface area contributed by atoms with Crippen LogP contribution < -0.4 is 10.1 Å². The van der Waals surface area contributed by atoms with Gasteiger partial charge in [-0.25, -0.2) is 4.98 Å². The van der Waals surface area contributed by atoms with Gasteiger partial charge in [0.05, 0.1) is 41.3 Å². The number of furan rings is 1. The molecule has 0 aliphatic carbocycles. The number of morpholine rings is 1. The molecule has 1 unspecified atom stereocenters. The molecule has 0 bridgehead atoms. The number of aryl methyl sites for hydroxylation is 2. The number of carbonyl (C=O) groups is 1. The van der Waals surface area contributed by atoms with Gasteiger partial charge in [0, 0.05) is 31.2 Å². The third-order valence-corrected chi connectivity index (χ3v) is 6.14. The molecule has 0 spiro atoms. The van der Waals surface area contributed by atoms with E-state index in [0.29, 0.717) is 54.4 Å². The predicted molar refractivity (Wildman–Crippen MR) is 118 cm³/mol. The maximum Gasteiger partial charge on any atom is 0.255 e. The molecule has 4 rings (SSSR count). The number of nitrogens with one attached hydrogen (secondary N) is 1. The number of fused-ring (bicyclic) bond motifs is 1. The van der Waals surface area contributed by atoms with Gasteiger partial charge >= 0.3 is 0 Å². The van der Waals surface area contributed by atoms with E-state index in [1.54, 1.807) is 18.3 Å². The maximum absolute atomic E-state index is 13.1. The first kappa shape index (κ1) is 21.8. The fourth-order valence-corrected chi connectivity index (χ4v) is 4.41. The lowest BCUT2D eigenvalue weighted by Crippen LogP contribution is -2.49. The molecule has 31 heavy (non-hydrogen) atoms. The smallest absolute Gasteiger partial charge is 0.255 e. The van der Waals surface area contributed by atoms with Crippen LogP contribution in [0.25, 0.3) is 11.0 Å². The number of carbonyl (C=O) groups excluding carboxylic acids is 1. The molecule has 1 amide bonds. The molecular formula is C22H27N3O5S. The van der Waals surface area contributed by atoms with Crippen LogP contribution in [0.15, 0.2) is 28.8 Å². The Morgan fingerprint density at radius 2 is 2.16 bits per heavy atom. The lowest BCUT2D eigenvalue weighted by atomic mass is 10.1. The minimum absolute atomic E-state index is 0.138. The quantitative estimate of drug-likeness (QED) is 0.550. The van der Waals surface area contributed by atoms with Crippen molar-refractivity contribution in [2.24, 2.45) is 0 Å². The zero-order valence-electron chi connectivity index (χ0n) is 17.7. The van der Waals surface area contributed by atoms with Gasteiger partial charge in [-0.15, -0.1) is 11.3 Å². The number of benzene rings is 1. The Bertz CT molecular complexity index is 1040. The highest BCUT2D eigenvalue weighted by molar-refractivity contribution is 7.11. The van der Waals surface area contributed by atoms with Gasteiger partial charge in [-0.1, -0.05) is 0 Å². The van der Waals surface area contributed by atoms with Crippen LogP contribution in [0.5, 0.6) is 5.75 Å². The Balaban J connectivity index is 1.48. The second-order valence-electron chi connectivity index (χ2n) is 7.59. The van der Waals surface area contributed by atoms with Crippen molar-refractivity contribution in [1.29, 1.82) is 0 Å². The number of hydrogen-bond donors (Lipinski definition) is 2. The molecule has 1 saturated heterocycles. The Labute approximate surface area is 184 Å². The zero-order valence-corrected chi connectivity index (χ0v) is 18.5. The number of ether oxygens (including phenoxy) is 2. The maximum atomic E-state index is 13.1. The van der Waals surface area contributed by atoms with Gasteiger partial charge in [0.2, 0.25) is 0 Å². The SMILES string of the molecule is Cc1ncc(COc2ccc3oc(C)c(C(=O)NC(CO)CN4CCOCC4)c3c2)s1. The third-order valence-electron chi connectivity index (χ3n) is 5.25. The zero-order chi connectivity index (χ0) is 21.8. The van der Waals surface area contributed by atoms with E-state index in [1.807, 2.05) is 31.3 Å². The van der Waals surface area contributed by atoms with Gasteiger partial charge in [-0.3, -0.25) is 9.69 Å². The van der Waals surface area contributed by atoms with Crippen molar-refractivity contribution in [2.75, 3.05) is 39.5 Å². The molecule has 166 valence electrons. The number of thiazole rings is 1. The van der Waals surface area contributed by atoms with E-state index < -0.39 is 0 Å². The average molecular weight is 446 g/mol. The first-order valence-corrected chi connectivity index (χ1v) is 11.1. The van der Waals surface area contributed by atoms with E-state index in [2.05, 4.69) is 15.2 Å². The molecular weight excluding hydrogens is 418 g/mol. The topological polar surface area (TPSA) is 97.1 Å².